The molecule has 3 nitrogen and oxygen atoms in total. The van der Waals surface area contributed by atoms with Crippen LogP contribution in [-0.2, 0) is 0 Å². The minimum absolute atomic E-state index is 0.0142. The van der Waals surface area contributed by atoms with Gasteiger partial charge in [-0.1, -0.05) is 23.2 Å². The first-order valence-corrected chi connectivity index (χ1v) is 7.64. The van der Waals surface area contributed by atoms with Crippen LogP contribution in [0.25, 0.3) is 22.2 Å². The molecule has 0 bridgehead atoms. The van der Waals surface area contributed by atoms with Crippen LogP contribution in [0.1, 0.15) is 5.56 Å². The summed E-state index contributed by atoms with van der Waals surface area (Å²) in [5.74, 6) is 0.817. The highest BCUT2D eigenvalue weighted by molar-refractivity contribution is 6.36. The van der Waals surface area contributed by atoms with Gasteiger partial charge in [-0.3, -0.25) is 0 Å². The van der Waals surface area contributed by atoms with E-state index in [1.165, 1.54) is 12.1 Å². The highest BCUT2D eigenvalue weighted by Crippen LogP contribution is 2.38. The molecule has 0 spiro atoms. The average Bonchev–Trinajstić information content (AvgIpc) is 2.96. The van der Waals surface area contributed by atoms with Crippen molar-refractivity contribution in [2.75, 3.05) is 6.79 Å². The SMILES string of the molecule is Cc1cc(-c2cc(F)c(Cl)cc2Cl)nc2cc3c(cc12)OCO3. The van der Waals surface area contributed by atoms with Crippen molar-refractivity contribution in [1.29, 1.82) is 0 Å². The number of hydrogen-bond acceptors (Lipinski definition) is 3. The number of aromatic nitrogens is 1. The highest BCUT2D eigenvalue weighted by atomic mass is 35.5. The van der Waals surface area contributed by atoms with Crippen LogP contribution in [0.4, 0.5) is 4.39 Å². The summed E-state index contributed by atoms with van der Waals surface area (Å²) in [5, 5.41) is 1.28. The van der Waals surface area contributed by atoms with Crippen LogP contribution in [0, 0.1) is 12.7 Å². The molecular formula is C17H10Cl2FNO2. The second-order valence-electron chi connectivity index (χ2n) is 5.29. The quantitative estimate of drug-likeness (QED) is 0.552. The normalized spacial score (nSPS) is 12.9. The van der Waals surface area contributed by atoms with Gasteiger partial charge in [0.05, 0.1) is 21.3 Å². The van der Waals surface area contributed by atoms with Crippen LogP contribution in [-0.4, -0.2) is 11.8 Å². The molecule has 2 aromatic carbocycles. The van der Waals surface area contributed by atoms with Crippen molar-refractivity contribution in [2.45, 2.75) is 6.92 Å². The fourth-order valence-corrected chi connectivity index (χ4v) is 3.12. The van der Waals surface area contributed by atoms with E-state index in [1.54, 1.807) is 0 Å². The lowest BCUT2D eigenvalue weighted by molar-refractivity contribution is 0.174. The molecule has 1 aromatic heterocycles. The Morgan fingerprint density at radius 3 is 2.52 bits per heavy atom. The number of pyridine rings is 1. The van der Waals surface area contributed by atoms with E-state index in [2.05, 4.69) is 4.98 Å². The third kappa shape index (κ3) is 2.38. The zero-order chi connectivity index (χ0) is 16.1. The second-order valence-corrected chi connectivity index (χ2v) is 6.11. The number of halogens is 3. The van der Waals surface area contributed by atoms with Crippen molar-refractivity contribution in [1.82, 2.24) is 4.98 Å². The Bertz CT molecular complexity index is 959. The summed E-state index contributed by atoms with van der Waals surface area (Å²) < 4.78 is 24.6. The Morgan fingerprint density at radius 1 is 1.00 bits per heavy atom. The molecule has 0 N–H and O–H groups in total. The Kier molecular flexibility index (Phi) is 3.32. The molecule has 0 fully saturated rings. The van der Waals surface area contributed by atoms with Gasteiger partial charge in [0.15, 0.2) is 11.5 Å². The number of fused-ring (bicyclic) bond motifs is 2. The molecule has 0 amide bonds. The largest absolute Gasteiger partial charge is 0.454 e. The first-order valence-electron chi connectivity index (χ1n) is 6.89. The monoisotopic (exact) mass is 349 g/mol. The predicted octanol–water partition coefficient (Wildman–Crippen LogP) is 5.38. The van der Waals surface area contributed by atoms with Crippen LogP contribution in [0.5, 0.6) is 11.5 Å². The summed E-state index contributed by atoms with van der Waals surface area (Å²) in [4.78, 5) is 4.59. The van der Waals surface area contributed by atoms with E-state index >= 15 is 0 Å². The molecule has 2 heterocycles. The molecule has 1 aliphatic heterocycles. The number of benzene rings is 2. The van der Waals surface area contributed by atoms with Crippen LogP contribution < -0.4 is 9.47 Å². The summed E-state index contributed by atoms with van der Waals surface area (Å²) in [7, 11) is 0. The molecule has 0 radical (unpaired) electrons. The van der Waals surface area contributed by atoms with Gasteiger partial charge < -0.3 is 9.47 Å². The predicted molar refractivity (Wildman–Crippen MR) is 88.0 cm³/mol. The van der Waals surface area contributed by atoms with Crippen molar-refractivity contribution in [3.63, 3.8) is 0 Å². The first kappa shape index (κ1) is 14.5. The van der Waals surface area contributed by atoms with E-state index in [4.69, 9.17) is 32.7 Å². The summed E-state index contributed by atoms with van der Waals surface area (Å²) in [6, 6.07) is 8.25. The van der Waals surface area contributed by atoms with E-state index in [-0.39, 0.29) is 11.8 Å². The molecular weight excluding hydrogens is 340 g/mol. The molecule has 116 valence electrons. The highest BCUT2D eigenvalue weighted by Gasteiger charge is 2.17. The Hall–Kier alpha value is -2.04. The van der Waals surface area contributed by atoms with Crippen LogP contribution in [0.2, 0.25) is 10.0 Å². The van der Waals surface area contributed by atoms with E-state index in [9.17, 15) is 4.39 Å². The van der Waals surface area contributed by atoms with Gasteiger partial charge in [-0.15, -0.1) is 0 Å². The van der Waals surface area contributed by atoms with Gasteiger partial charge in [0, 0.05) is 17.0 Å². The molecule has 6 heteroatoms. The molecule has 4 rings (SSSR count). The zero-order valence-electron chi connectivity index (χ0n) is 12.0. The third-order valence-electron chi connectivity index (χ3n) is 3.80. The van der Waals surface area contributed by atoms with Gasteiger partial charge >= 0.3 is 0 Å². The fraction of sp³-hybridized carbons (Fsp3) is 0.118. The van der Waals surface area contributed by atoms with Gasteiger partial charge in [0.2, 0.25) is 6.79 Å². The summed E-state index contributed by atoms with van der Waals surface area (Å²) in [5.41, 5.74) is 2.79. The Balaban J connectivity index is 1.95. The molecule has 0 unspecified atom stereocenters. The van der Waals surface area contributed by atoms with Crippen molar-refractivity contribution in [2.24, 2.45) is 0 Å². The minimum atomic E-state index is -0.531. The van der Waals surface area contributed by atoms with Gasteiger partial charge in [0.1, 0.15) is 5.82 Å². The van der Waals surface area contributed by atoms with Gasteiger partial charge in [-0.25, -0.2) is 9.37 Å². The number of rotatable bonds is 1. The lowest BCUT2D eigenvalue weighted by atomic mass is 10.0. The summed E-state index contributed by atoms with van der Waals surface area (Å²) in [6.07, 6.45) is 0. The van der Waals surface area contributed by atoms with Crippen molar-refractivity contribution < 1.29 is 13.9 Å². The van der Waals surface area contributed by atoms with E-state index in [0.717, 1.165) is 16.5 Å². The van der Waals surface area contributed by atoms with E-state index in [1.807, 2.05) is 25.1 Å². The van der Waals surface area contributed by atoms with Crippen molar-refractivity contribution >= 4 is 34.1 Å². The first-order chi connectivity index (χ1) is 11.0. The molecule has 3 aromatic rings. The maximum absolute atomic E-state index is 13.8. The summed E-state index contributed by atoms with van der Waals surface area (Å²) in [6.45, 7) is 2.15. The number of aryl methyl sites for hydroxylation is 1. The Labute approximate surface area is 141 Å². The minimum Gasteiger partial charge on any atom is -0.454 e. The molecule has 0 aliphatic carbocycles. The third-order valence-corrected chi connectivity index (χ3v) is 4.40. The maximum atomic E-state index is 13.8. The van der Waals surface area contributed by atoms with Crippen LogP contribution in [0.3, 0.4) is 0 Å². The smallest absolute Gasteiger partial charge is 0.231 e. The number of ether oxygens (including phenoxy) is 2. The van der Waals surface area contributed by atoms with Gasteiger partial charge in [-0.05, 0) is 36.8 Å². The lowest BCUT2D eigenvalue weighted by Gasteiger charge is -2.10. The fourth-order valence-electron chi connectivity index (χ4n) is 2.64. The average molecular weight is 350 g/mol. The van der Waals surface area contributed by atoms with Crippen LogP contribution in [0.15, 0.2) is 30.3 Å². The number of hydrogen-bond donors (Lipinski definition) is 0. The lowest BCUT2D eigenvalue weighted by Crippen LogP contribution is -1.92. The van der Waals surface area contributed by atoms with Gasteiger partial charge in [0.25, 0.3) is 0 Å². The number of nitrogens with zero attached hydrogens (tertiary/aromatic N) is 1. The second kappa shape index (κ2) is 5.25. The molecule has 1 aliphatic rings. The standard InChI is InChI=1S/C17H10Cl2FNO2/c1-8-2-14(10-3-13(20)12(19)5-11(10)18)21-15-6-17-16(4-9(8)15)22-7-23-17/h2-6H,7H2,1H3. The molecule has 0 atom stereocenters. The Morgan fingerprint density at radius 2 is 1.74 bits per heavy atom. The molecule has 23 heavy (non-hydrogen) atoms. The molecule has 0 saturated heterocycles. The summed E-state index contributed by atoms with van der Waals surface area (Å²) >= 11 is 12.0. The maximum Gasteiger partial charge on any atom is 0.231 e. The van der Waals surface area contributed by atoms with Crippen molar-refractivity contribution in [3.8, 4) is 22.8 Å². The molecule has 0 saturated carbocycles. The zero-order valence-corrected chi connectivity index (χ0v) is 13.5. The van der Waals surface area contributed by atoms with Crippen LogP contribution >= 0.6 is 23.2 Å². The van der Waals surface area contributed by atoms with Gasteiger partial charge in [-0.2, -0.15) is 0 Å². The van der Waals surface area contributed by atoms with E-state index < -0.39 is 5.82 Å². The van der Waals surface area contributed by atoms with Crippen molar-refractivity contribution in [3.05, 3.63) is 51.8 Å². The van der Waals surface area contributed by atoms with E-state index in [0.29, 0.717) is 27.8 Å². The topological polar surface area (TPSA) is 31.4 Å².